The van der Waals surface area contributed by atoms with Gasteiger partial charge in [-0.15, -0.1) is 0 Å². The number of nitrogens with zero attached hydrogens (tertiary/aromatic N) is 2. The Morgan fingerprint density at radius 2 is 2.00 bits per heavy atom. The van der Waals surface area contributed by atoms with Crippen molar-refractivity contribution in [1.29, 1.82) is 5.26 Å². The van der Waals surface area contributed by atoms with Crippen molar-refractivity contribution < 1.29 is 14.3 Å². The predicted octanol–water partition coefficient (Wildman–Crippen LogP) is 6.18. The van der Waals surface area contributed by atoms with Crippen molar-refractivity contribution in [2.45, 2.75) is 32.9 Å². The summed E-state index contributed by atoms with van der Waals surface area (Å²) < 4.78 is 7.98. The Labute approximate surface area is 207 Å². The van der Waals surface area contributed by atoms with Crippen LogP contribution in [0.2, 0.25) is 0 Å². The zero-order chi connectivity index (χ0) is 21.8. The van der Waals surface area contributed by atoms with Gasteiger partial charge in [-0.1, -0.05) is 25.1 Å². The fraction of sp³-hybridized carbons (Fsp3) is 0.227. The minimum Gasteiger partial charge on any atom is -0.487 e. The fourth-order valence-corrected chi connectivity index (χ4v) is 5.89. The molecule has 2 amide bonds. The van der Waals surface area contributed by atoms with Crippen molar-refractivity contribution in [2.24, 2.45) is 0 Å². The topological polar surface area (TPSA) is 70.4 Å². The second-order valence-electron chi connectivity index (χ2n) is 6.67. The molecule has 1 aliphatic rings. The van der Waals surface area contributed by atoms with Gasteiger partial charge in [0, 0.05) is 20.7 Å². The maximum Gasteiger partial charge on any atom is 0.293 e. The number of halogens is 2. The molecule has 8 heteroatoms. The Balaban J connectivity index is 1.94. The van der Waals surface area contributed by atoms with Crippen molar-refractivity contribution in [1.82, 2.24) is 4.90 Å². The molecule has 30 heavy (non-hydrogen) atoms. The minimum absolute atomic E-state index is 0.141. The Kier molecular flexibility index (Phi) is 7.81. The van der Waals surface area contributed by atoms with Crippen LogP contribution in [0.5, 0.6) is 5.75 Å². The van der Waals surface area contributed by atoms with Crippen LogP contribution in [0.3, 0.4) is 0 Å². The largest absolute Gasteiger partial charge is 0.487 e. The van der Waals surface area contributed by atoms with E-state index in [9.17, 15) is 14.9 Å². The van der Waals surface area contributed by atoms with Crippen LogP contribution in [0, 0.1) is 18.5 Å². The van der Waals surface area contributed by atoms with Gasteiger partial charge in [-0.25, -0.2) is 0 Å². The lowest BCUT2D eigenvalue weighted by Gasteiger charge is -2.19. The van der Waals surface area contributed by atoms with E-state index < -0.39 is 0 Å². The van der Waals surface area contributed by atoms with E-state index >= 15 is 0 Å². The number of thioether (sulfide) groups is 1. The van der Waals surface area contributed by atoms with Crippen LogP contribution >= 0.6 is 56.9 Å². The Bertz CT molecular complexity index is 1080. The first kappa shape index (κ1) is 23.1. The van der Waals surface area contributed by atoms with E-state index in [-0.39, 0.29) is 23.8 Å². The second-order valence-corrected chi connectivity index (χ2v) is 10.1. The molecule has 0 aromatic heterocycles. The van der Waals surface area contributed by atoms with Crippen molar-refractivity contribution >= 4 is 74.2 Å². The van der Waals surface area contributed by atoms with Crippen LogP contribution in [0.15, 0.2) is 41.3 Å². The number of hydrogen-bond donors (Lipinski definition) is 0. The lowest BCUT2D eigenvalue weighted by atomic mass is 10.1. The van der Waals surface area contributed by atoms with E-state index in [0.29, 0.717) is 22.6 Å². The lowest BCUT2D eigenvalue weighted by Crippen LogP contribution is -2.36. The molecule has 1 atom stereocenters. The van der Waals surface area contributed by atoms with Crippen LogP contribution < -0.4 is 4.74 Å². The van der Waals surface area contributed by atoms with Gasteiger partial charge < -0.3 is 4.74 Å². The van der Waals surface area contributed by atoms with E-state index in [0.717, 1.165) is 30.0 Å². The first-order valence-corrected chi connectivity index (χ1v) is 12.2. The molecule has 0 radical (unpaired) electrons. The van der Waals surface area contributed by atoms with E-state index in [2.05, 4.69) is 51.3 Å². The molecule has 2 aromatic rings. The van der Waals surface area contributed by atoms with Crippen LogP contribution in [0.25, 0.3) is 6.08 Å². The zero-order valence-corrected chi connectivity index (χ0v) is 21.4. The Hall–Kier alpha value is -1.58. The summed E-state index contributed by atoms with van der Waals surface area (Å²) in [5, 5.41) is 9.06. The highest BCUT2D eigenvalue weighted by atomic mass is 127. The zero-order valence-electron chi connectivity index (χ0n) is 16.3. The Morgan fingerprint density at radius 1 is 1.27 bits per heavy atom. The van der Waals surface area contributed by atoms with Gasteiger partial charge in [0.1, 0.15) is 12.4 Å². The molecule has 154 valence electrons. The number of rotatable bonds is 6. The predicted molar refractivity (Wildman–Crippen MR) is 135 cm³/mol. The molecular weight excluding hydrogens is 626 g/mol. The van der Waals surface area contributed by atoms with Crippen LogP contribution in [-0.2, 0) is 11.4 Å². The lowest BCUT2D eigenvalue weighted by molar-refractivity contribution is -0.124. The molecule has 1 saturated heterocycles. The number of carbonyl (C=O) groups excluding carboxylic acids is 2. The van der Waals surface area contributed by atoms with E-state index in [1.807, 2.05) is 44.2 Å². The highest BCUT2D eigenvalue weighted by Crippen LogP contribution is 2.37. The number of benzene rings is 2. The first-order valence-electron chi connectivity index (χ1n) is 9.22. The highest BCUT2D eigenvalue weighted by molar-refractivity contribution is 14.1. The van der Waals surface area contributed by atoms with Gasteiger partial charge in [-0.05, 0) is 94.6 Å². The summed E-state index contributed by atoms with van der Waals surface area (Å²) in [7, 11) is 0. The molecule has 1 fully saturated rings. The molecule has 0 aliphatic carbocycles. The van der Waals surface area contributed by atoms with Crippen molar-refractivity contribution in [2.75, 3.05) is 0 Å². The SMILES string of the molecule is CC[C@@H](C)N1C(=O)S/C(=C/c2cc(I)cc(I)c2OCc2ccccc2C#N)C1=O. The molecule has 2 aromatic carbocycles. The number of hydrogen-bond acceptors (Lipinski definition) is 5. The van der Waals surface area contributed by atoms with Crippen molar-refractivity contribution in [3.8, 4) is 11.8 Å². The third kappa shape index (κ3) is 5.00. The molecule has 3 rings (SSSR count). The number of carbonyl (C=O) groups is 2. The van der Waals surface area contributed by atoms with E-state index in [1.54, 1.807) is 12.1 Å². The number of amides is 2. The normalized spacial score (nSPS) is 16.1. The van der Waals surface area contributed by atoms with Gasteiger partial charge in [0.2, 0.25) is 0 Å². The maximum absolute atomic E-state index is 12.8. The number of imide groups is 1. The molecular formula is C22H18I2N2O3S. The summed E-state index contributed by atoms with van der Waals surface area (Å²) >= 11 is 5.37. The van der Waals surface area contributed by atoms with Gasteiger partial charge >= 0.3 is 0 Å². The minimum atomic E-state index is -0.269. The molecule has 0 spiro atoms. The summed E-state index contributed by atoms with van der Waals surface area (Å²) in [4.78, 5) is 26.9. The fourth-order valence-electron chi connectivity index (χ4n) is 2.93. The number of ether oxygens (including phenoxy) is 1. The summed E-state index contributed by atoms with van der Waals surface area (Å²) in [6, 6.07) is 13.2. The number of nitriles is 1. The molecule has 0 N–H and O–H groups in total. The summed E-state index contributed by atoms with van der Waals surface area (Å²) in [5.74, 6) is 0.355. The van der Waals surface area contributed by atoms with Crippen LogP contribution in [0.4, 0.5) is 4.79 Å². The van der Waals surface area contributed by atoms with Gasteiger partial charge in [-0.3, -0.25) is 14.5 Å². The molecule has 0 unspecified atom stereocenters. The molecule has 1 heterocycles. The van der Waals surface area contributed by atoms with Gasteiger partial charge in [0.25, 0.3) is 11.1 Å². The van der Waals surface area contributed by atoms with Crippen LogP contribution in [0.1, 0.15) is 37.0 Å². The molecule has 1 aliphatic heterocycles. The second kappa shape index (κ2) is 10.2. The average Bonchev–Trinajstić information content (AvgIpc) is 3.00. The van der Waals surface area contributed by atoms with Crippen molar-refractivity contribution in [3.05, 3.63) is 65.1 Å². The highest BCUT2D eigenvalue weighted by Gasteiger charge is 2.37. The average molecular weight is 644 g/mol. The molecule has 0 bridgehead atoms. The van der Waals surface area contributed by atoms with Gasteiger partial charge in [0.15, 0.2) is 0 Å². The monoisotopic (exact) mass is 644 g/mol. The third-order valence-corrected chi connectivity index (χ3v) is 7.00. The maximum atomic E-state index is 12.8. The van der Waals surface area contributed by atoms with Gasteiger partial charge in [0.05, 0.1) is 20.1 Å². The molecule has 0 saturated carbocycles. The van der Waals surface area contributed by atoms with E-state index in [4.69, 9.17) is 4.74 Å². The summed E-state index contributed by atoms with van der Waals surface area (Å²) in [5.41, 5.74) is 2.09. The summed E-state index contributed by atoms with van der Waals surface area (Å²) in [6.07, 6.45) is 2.43. The quantitative estimate of drug-likeness (QED) is 0.278. The Morgan fingerprint density at radius 3 is 2.70 bits per heavy atom. The standard InChI is InChI=1S/C22H18I2N2O3S/c1-3-13(2)26-21(27)19(30-22(26)28)9-16-8-17(23)10-18(24)20(16)29-12-15-7-5-4-6-14(15)11-25/h4-10,13H,3,12H2,1-2H3/b19-9+/t13-/m1/s1. The van der Waals surface area contributed by atoms with Crippen LogP contribution in [-0.4, -0.2) is 22.1 Å². The first-order chi connectivity index (χ1) is 14.3. The third-order valence-electron chi connectivity index (χ3n) is 4.69. The van der Waals surface area contributed by atoms with E-state index in [1.165, 1.54) is 4.90 Å². The van der Waals surface area contributed by atoms with Crippen molar-refractivity contribution in [3.63, 3.8) is 0 Å². The smallest absolute Gasteiger partial charge is 0.293 e. The summed E-state index contributed by atoms with van der Waals surface area (Å²) in [6.45, 7) is 4.05. The molecule has 5 nitrogen and oxygen atoms in total. The van der Waals surface area contributed by atoms with Gasteiger partial charge in [-0.2, -0.15) is 5.26 Å².